The molecule has 1 aliphatic heterocycles. The average molecular weight is 422 g/mol. The van der Waals surface area contributed by atoms with Gasteiger partial charge in [-0.2, -0.15) is 0 Å². The third kappa shape index (κ3) is 4.33. The summed E-state index contributed by atoms with van der Waals surface area (Å²) in [6.45, 7) is 0.392. The molecule has 8 nitrogen and oxygen atoms in total. The molecule has 1 amide bonds. The van der Waals surface area contributed by atoms with Gasteiger partial charge in [-0.15, -0.1) is 10.2 Å². The van der Waals surface area contributed by atoms with Crippen LogP contribution in [-0.2, 0) is 21.2 Å². The van der Waals surface area contributed by atoms with Gasteiger partial charge in [0.1, 0.15) is 0 Å². The molecule has 1 aliphatic carbocycles. The van der Waals surface area contributed by atoms with Crippen molar-refractivity contribution in [3.05, 3.63) is 41.7 Å². The van der Waals surface area contributed by atoms with Crippen LogP contribution < -0.4 is 5.84 Å². The van der Waals surface area contributed by atoms with Gasteiger partial charge >= 0.3 is 0 Å². The molecular formula is C18H23N5O3S2. The summed E-state index contributed by atoms with van der Waals surface area (Å²) < 4.78 is 25.3. The Morgan fingerprint density at radius 2 is 1.96 bits per heavy atom. The first-order chi connectivity index (χ1) is 13.4. The number of nitrogens with zero attached hydrogens (tertiary/aromatic N) is 4. The summed E-state index contributed by atoms with van der Waals surface area (Å²) in [5, 5.41) is 8.73. The number of carbonyl (C=O) groups is 1. The van der Waals surface area contributed by atoms with E-state index in [-0.39, 0.29) is 29.2 Å². The summed E-state index contributed by atoms with van der Waals surface area (Å²) in [4.78, 5) is 14.7. The highest BCUT2D eigenvalue weighted by Gasteiger charge is 2.35. The summed E-state index contributed by atoms with van der Waals surface area (Å²) >= 11 is 1.24. The third-order valence-electron chi connectivity index (χ3n) is 5.12. The molecule has 10 heteroatoms. The number of nitrogen functional groups attached to an aromatic ring is 1. The Morgan fingerprint density at radius 3 is 2.61 bits per heavy atom. The van der Waals surface area contributed by atoms with E-state index in [2.05, 4.69) is 10.2 Å². The maximum absolute atomic E-state index is 13.0. The fourth-order valence-electron chi connectivity index (χ4n) is 3.44. The summed E-state index contributed by atoms with van der Waals surface area (Å²) in [5.74, 6) is 7.37. The van der Waals surface area contributed by atoms with Gasteiger partial charge in [0.15, 0.2) is 15.7 Å². The highest BCUT2D eigenvalue weighted by Crippen LogP contribution is 2.39. The highest BCUT2D eigenvalue weighted by molar-refractivity contribution is 7.99. The van der Waals surface area contributed by atoms with Gasteiger partial charge in [-0.05, 0) is 24.8 Å². The molecule has 4 rings (SSSR count). The van der Waals surface area contributed by atoms with Crippen molar-refractivity contribution in [3.8, 4) is 0 Å². The topological polar surface area (TPSA) is 111 Å². The minimum Gasteiger partial charge on any atom is -0.336 e. The first-order valence-corrected chi connectivity index (χ1v) is 12.1. The van der Waals surface area contributed by atoms with Crippen LogP contribution in [0.4, 0.5) is 0 Å². The molecule has 2 N–H and O–H groups in total. The minimum absolute atomic E-state index is 0.0230. The maximum atomic E-state index is 13.0. The van der Waals surface area contributed by atoms with E-state index in [9.17, 15) is 13.2 Å². The second-order valence-electron chi connectivity index (χ2n) is 7.34. The molecule has 2 aliphatic rings. The Bertz CT molecular complexity index is 957. The lowest BCUT2D eigenvalue weighted by molar-refractivity contribution is -0.130. The molecule has 2 aromatic rings. The molecule has 0 radical (unpaired) electrons. The number of hydrogen-bond donors (Lipinski definition) is 1. The third-order valence-corrected chi connectivity index (χ3v) is 7.80. The first-order valence-electron chi connectivity index (χ1n) is 9.30. The van der Waals surface area contributed by atoms with Crippen LogP contribution in [0.25, 0.3) is 0 Å². The standard InChI is InChI=1S/C18H23N5O3S2/c19-23-17(14-6-7-14)20-21-18(23)27-11-16(24)22(10-13-4-2-1-3-5-13)15-8-9-28(25,26)12-15/h1-5,14-15H,6-12,19H2. The zero-order chi connectivity index (χ0) is 19.7. The molecule has 1 aromatic carbocycles. The molecule has 2 heterocycles. The van der Waals surface area contributed by atoms with Crippen molar-refractivity contribution >= 4 is 27.5 Å². The Kier molecular flexibility index (Phi) is 5.33. The second kappa shape index (κ2) is 7.75. The Labute approximate surface area is 168 Å². The lowest BCUT2D eigenvalue weighted by Crippen LogP contribution is -2.41. The minimum atomic E-state index is -3.09. The predicted octanol–water partition coefficient (Wildman–Crippen LogP) is 1.18. The number of nitrogens with two attached hydrogens (primary N) is 1. The van der Waals surface area contributed by atoms with Gasteiger partial charge in [0.05, 0.1) is 17.3 Å². The summed E-state index contributed by atoms with van der Waals surface area (Å²) in [6.07, 6.45) is 2.62. The fourth-order valence-corrected chi connectivity index (χ4v) is 5.92. The molecule has 1 unspecified atom stereocenters. The Morgan fingerprint density at radius 1 is 1.21 bits per heavy atom. The van der Waals surface area contributed by atoms with Crippen molar-refractivity contribution in [2.24, 2.45) is 0 Å². The Hall–Kier alpha value is -2.07. The van der Waals surface area contributed by atoms with Crippen molar-refractivity contribution in [1.29, 1.82) is 0 Å². The van der Waals surface area contributed by atoms with Gasteiger partial charge in [0, 0.05) is 18.5 Å². The summed E-state index contributed by atoms with van der Waals surface area (Å²) in [7, 11) is -3.09. The molecule has 1 saturated heterocycles. The molecule has 28 heavy (non-hydrogen) atoms. The SMILES string of the molecule is Nn1c(SCC(=O)N(Cc2ccccc2)C2CCS(=O)(=O)C2)nnc1C1CC1. The number of benzene rings is 1. The van der Waals surface area contributed by atoms with E-state index >= 15 is 0 Å². The lowest BCUT2D eigenvalue weighted by Gasteiger charge is -2.28. The largest absolute Gasteiger partial charge is 0.336 e. The van der Waals surface area contributed by atoms with Crippen molar-refractivity contribution in [2.75, 3.05) is 23.1 Å². The van der Waals surface area contributed by atoms with E-state index < -0.39 is 9.84 Å². The smallest absolute Gasteiger partial charge is 0.233 e. The van der Waals surface area contributed by atoms with E-state index in [4.69, 9.17) is 5.84 Å². The number of amides is 1. The zero-order valence-electron chi connectivity index (χ0n) is 15.4. The van der Waals surface area contributed by atoms with Gasteiger partial charge in [0.25, 0.3) is 0 Å². The van der Waals surface area contributed by atoms with Crippen LogP contribution in [0.2, 0.25) is 0 Å². The van der Waals surface area contributed by atoms with Crippen LogP contribution >= 0.6 is 11.8 Å². The maximum Gasteiger partial charge on any atom is 0.233 e. The van der Waals surface area contributed by atoms with Gasteiger partial charge < -0.3 is 10.7 Å². The van der Waals surface area contributed by atoms with Crippen LogP contribution in [0.3, 0.4) is 0 Å². The van der Waals surface area contributed by atoms with Crippen LogP contribution in [0.5, 0.6) is 0 Å². The average Bonchev–Trinajstić information content (AvgIpc) is 3.36. The van der Waals surface area contributed by atoms with E-state index in [1.54, 1.807) is 4.90 Å². The molecule has 0 bridgehead atoms. The molecule has 150 valence electrons. The van der Waals surface area contributed by atoms with E-state index in [1.165, 1.54) is 16.4 Å². The quantitative estimate of drug-likeness (QED) is 0.528. The summed E-state index contributed by atoms with van der Waals surface area (Å²) in [6, 6.07) is 9.32. The van der Waals surface area contributed by atoms with Crippen LogP contribution in [0.15, 0.2) is 35.5 Å². The van der Waals surface area contributed by atoms with Crippen LogP contribution in [0, 0.1) is 0 Å². The molecule has 2 fully saturated rings. The summed E-state index contributed by atoms with van der Waals surface area (Å²) in [5.41, 5.74) is 0.975. The lowest BCUT2D eigenvalue weighted by atomic mass is 10.1. The number of rotatable bonds is 7. The van der Waals surface area contributed by atoms with Crippen molar-refractivity contribution < 1.29 is 13.2 Å². The second-order valence-corrected chi connectivity index (χ2v) is 10.5. The number of sulfone groups is 1. The molecular weight excluding hydrogens is 398 g/mol. The molecule has 1 atom stereocenters. The number of thioether (sulfide) groups is 1. The Balaban J connectivity index is 1.46. The molecule has 0 spiro atoms. The number of carbonyl (C=O) groups excluding carboxylic acids is 1. The predicted molar refractivity (Wildman–Crippen MR) is 107 cm³/mol. The highest BCUT2D eigenvalue weighted by atomic mass is 32.2. The number of hydrogen-bond acceptors (Lipinski definition) is 7. The first kappa shape index (κ1) is 19.3. The monoisotopic (exact) mass is 421 g/mol. The van der Waals surface area contributed by atoms with Crippen LogP contribution in [0.1, 0.15) is 36.6 Å². The normalized spacial score (nSPS) is 20.9. The van der Waals surface area contributed by atoms with E-state index in [1.807, 2.05) is 30.3 Å². The zero-order valence-corrected chi connectivity index (χ0v) is 17.0. The van der Waals surface area contributed by atoms with Gasteiger partial charge in [-0.25, -0.2) is 13.1 Å². The van der Waals surface area contributed by atoms with Crippen molar-refractivity contribution in [1.82, 2.24) is 19.8 Å². The molecule has 1 aromatic heterocycles. The van der Waals surface area contributed by atoms with Gasteiger partial charge in [0.2, 0.25) is 11.1 Å². The van der Waals surface area contributed by atoms with Crippen molar-refractivity contribution in [2.45, 2.75) is 42.9 Å². The molecule has 1 saturated carbocycles. The van der Waals surface area contributed by atoms with Crippen LogP contribution in [-0.4, -0.2) is 57.4 Å². The van der Waals surface area contributed by atoms with E-state index in [0.717, 1.165) is 24.2 Å². The number of aromatic nitrogens is 3. The fraction of sp³-hybridized carbons (Fsp3) is 0.500. The van der Waals surface area contributed by atoms with Gasteiger partial charge in [-0.3, -0.25) is 4.79 Å². The van der Waals surface area contributed by atoms with Crippen molar-refractivity contribution in [3.63, 3.8) is 0 Å². The van der Waals surface area contributed by atoms with E-state index in [0.29, 0.717) is 24.0 Å². The van der Waals surface area contributed by atoms with Gasteiger partial charge in [-0.1, -0.05) is 42.1 Å².